The van der Waals surface area contributed by atoms with Gasteiger partial charge in [-0.3, -0.25) is 9.59 Å². The lowest BCUT2D eigenvalue weighted by molar-refractivity contribution is -0.136. The molecule has 2 heterocycles. The Hall–Kier alpha value is -3.20. The fraction of sp³-hybridized carbons (Fsp3) is 0.417. The van der Waals surface area contributed by atoms with E-state index in [1.165, 1.54) is 17.3 Å². The highest BCUT2D eigenvalue weighted by atomic mass is 16.2. The first kappa shape index (κ1) is 20.1. The number of benzene rings is 1. The van der Waals surface area contributed by atoms with Gasteiger partial charge in [0.15, 0.2) is 0 Å². The van der Waals surface area contributed by atoms with E-state index in [0.717, 1.165) is 18.4 Å². The minimum absolute atomic E-state index is 0.0326. The van der Waals surface area contributed by atoms with E-state index in [9.17, 15) is 9.59 Å². The van der Waals surface area contributed by atoms with Crippen molar-refractivity contribution in [3.8, 4) is 6.07 Å². The maximum absolute atomic E-state index is 12.8. The molecule has 1 saturated carbocycles. The lowest BCUT2D eigenvalue weighted by Crippen LogP contribution is -2.56. The number of hydrogen-bond acceptors (Lipinski definition) is 4. The molecule has 2 fully saturated rings. The topological polar surface area (TPSA) is 86.1 Å². The van der Waals surface area contributed by atoms with Crippen molar-refractivity contribution in [2.45, 2.75) is 33.2 Å². The van der Waals surface area contributed by atoms with Gasteiger partial charge in [0.2, 0.25) is 5.91 Å². The normalized spacial score (nSPS) is 22.4. The van der Waals surface area contributed by atoms with E-state index in [1.54, 1.807) is 12.1 Å². The minimum Gasteiger partial charge on any atom is -0.352 e. The summed E-state index contributed by atoms with van der Waals surface area (Å²) in [6.07, 6.45) is 3.30. The Kier molecular flexibility index (Phi) is 5.54. The largest absolute Gasteiger partial charge is 0.352 e. The molecule has 2 aromatic rings. The molecule has 1 aliphatic heterocycles. The first-order chi connectivity index (χ1) is 14.5. The first-order valence-corrected chi connectivity index (χ1v) is 10.5. The second-order valence-electron chi connectivity index (χ2n) is 8.50. The van der Waals surface area contributed by atoms with Gasteiger partial charge in [0.1, 0.15) is 11.8 Å². The van der Waals surface area contributed by atoms with Gasteiger partial charge in [-0.25, -0.2) is 4.98 Å². The van der Waals surface area contributed by atoms with Gasteiger partial charge in [0, 0.05) is 31.7 Å². The number of carbonyl (C=O) groups excluding carboxylic acids is 2. The third kappa shape index (κ3) is 3.93. The van der Waals surface area contributed by atoms with Gasteiger partial charge < -0.3 is 10.2 Å². The fourth-order valence-corrected chi connectivity index (χ4v) is 4.64. The number of likely N-dealkylation sites (tertiary alicyclic amines) is 1. The number of hydrogen-bond donors (Lipinski definition) is 1. The zero-order valence-corrected chi connectivity index (χ0v) is 17.4. The molecule has 154 valence electrons. The van der Waals surface area contributed by atoms with Crippen molar-refractivity contribution < 1.29 is 9.59 Å². The third-order valence-electron chi connectivity index (χ3n) is 6.59. The summed E-state index contributed by atoms with van der Waals surface area (Å²) in [6.45, 7) is 5.96. The van der Waals surface area contributed by atoms with Crippen LogP contribution in [0.15, 0.2) is 36.5 Å². The Morgan fingerprint density at radius 1 is 1.27 bits per heavy atom. The number of pyridine rings is 1. The summed E-state index contributed by atoms with van der Waals surface area (Å²) in [5.41, 5.74) is 4.30. The van der Waals surface area contributed by atoms with Crippen LogP contribution in [-0.2, 0) is 11.3 Å². The molecular weight excluding hydrogens is 376 g/mol. The van der Waals surface area contributed by atoms with E-state index in [0.29, 0.717) is 36.8 Å². The molecule has 4 rings (SSSR count). The summed E-state index contributed by atoms with van der Waals surface area (Å²) in [6, 6.07) is 11.4. The summed E-state index contributed by atoms with van der Waals surface area (Å²) in [4.78, 5) is 31.5. The number of nitriles is 1. The molecule has 1 aromatic heterocycles. The van der Waals surface area contributed by atoms with Gasteiger partial charge in [0.05, 0.1) is 5.56 Å². The number of nitrogens with one attached hydrogen (secondary N) is 1. The van der Waals surface area contributed by atoms with E-state index in [4.69, 9.17) is 5.26 Å². The summed E-state index contributed by atoms with van der Waals surface area (Å²) >= 11 is 0. The molecule has 6 nitrogen and oxygen atoms in total. The van der Waals surface area contributed by atoms with Gasteiger partial charge in [0.25, 0.3) is 5.91 Å². The van der Waals surface area contributed by atoms with Crippen LogP contribution >= 0.6 is 0 Å². The third-order valence-corrected chi connectivity index (χ3v) is 6.59. The molecule has 30 heavy (non-hydrogen) atoms. The van der Waals surface area contributed by atoms with Crippen LogP contribution in [0.4, 0.5) is 0 Å². The highest BCUT2D eigenvalue weighted by Crippen LogP contribution is 2.45. The summed E-state index contributed by atoms with van der Waals surface area (Å²) in [5.74, 6) is 0.713. The minimum atomic E-state index is -0.0770. The zero-order valence-electron chi connectivity index (χ0n) is 17.4. The Morgan fingerprint density at radius 3 is 2.83 bits per heavy atom. The van der Waals surface area contributed by atoms with Crippen molar-refractivity contribution in [3.05, 3.63) is 64.5 Å². The van der Waals surface area contributed by atoms with Crippen LogP contribution in [0.3, 0.4) is 0 Å². The number of carbonyl (C=O) groups is 2. The lowest BCUT2D eigenvalue weighted by Gasteiger charge is -2.50. The smallest absolute Gasteiger partial charge is 0.255 e. The predicted molar refractivity (Wildman–Crippen MR) is 112 cm³/mol. The van der Waals surface area contributed by atoms with E-state index in [-0.39, 0.29) is 23.7 Å². The van der Waals surface area contributed by atoms with E-state index in [1.807, 2.05) is 11.0 Å². The molecule has 1 aromatic carbocycles. The molecule has 0 unspecified atom stereocenters. The van der Waals surface area contributed by atoms with Crippen molar-refractivity contribution in [2.24, 2.45) is 17.8 Å². The standard InChI is InChI=1S/C24H26N4O2/c1-15-3-4-16(2)19(9-15)13-27-23(29)21-10-17-7-8-28(14-22(17)21)24(30)18-5-6-20(11-25)26-12-18/h3-6,9,12,17,21-22H,7-8,10,13-14H2,1-2H3,(H,27,29)/t17-,21-,22-/m1/s1. The van der Waals surface area contributed by atoms with Crippen LogP contribution in [0.5, 0.6) is 0 Å². The number of nitrogens with zero attached hydrogens (tertiary/aromatic N) is 3. The molecule has 1 saturated heterocycles. The maximum Gasteiger partial charge on any atom is 0.255 e. The van der Waals surface area contributed by atoms with Gasteiger partial charge in [-0.05, 0) is 61.8 Å². The maximum atomic E-state index is 12.8. The molecule has 0 spiro atoms. The molecular formula is C24H26N4O2. The van der Waals surface area contributed by atoms with Gasteiger partial charge >= 0.3 is 0 Å². The summed E-state index contributed by atoms with van der Waals surface area (Å²) in [7, 11) is 0. The van der Waals surface area contributed by atoms with Crippen LogP contribution < -0.4 is 5.32 Å². The van der Waals surface area contributed by atoms with Crippen LogP contribution in [-0.4, -0.2) is 34.8 Å². The average molecular weight is 402 g/mol. The van der Waals surface area contributed by atoms with Gasteiger partial charge in [-0.1, -0.05) is 23.8 Å². The number of fused-ring (bicyclic) bond motifs is 1. The van der Waals surface area contributed by atoms with Gasteiger partial charge in [-0.15, -0.1) is 0 Å². The van der Waals surface area contributed by atoms with Crippen LogP contribution in [0.1, 0.15) is 45.6 Å². The molecule has 2 amide bonds. The molecule has 1 N–H and O–H groups in total. The number of piperidine rings is 1. The lowest BCUT2D eigenvalue weighted by atomic mass is 9.61. The van der Waals surface area contributed by atoms with E-state index >= 15 is 0 Å². The molecule has 3 atom stereocenters. The average Bonchev–Trinajstić information content (AvgIpc) is 2.74. The Labute approximate surface area is 176 Å². The van der Waals surface area contributed by atoms with Crippen LogP contribution in [0.2, 0.25) is 0 Å². The monoisotopic (exact) mass is 402 g/mol. The molecule has 1 aliphatic carbocycles. The highest BCUT2D eigenvalue weighted by Gasteiger charge is 2.48. The molecule has 0 bridgehead atoms. The number of rotatable bonds is 4. The van der Waals surface area contributed by atoms with Crippen molar-refractivity contribution in [2.75, 3.05) is 13.1 Å². The Bertz CT molecular complexity index is 1010. The molecule has 0 radical (unpaired) electrons. The fourth-order valence-electron chi connectivity index (χ4n) is 4.64. The van der Waals surface area contributed by atoms with Gasteiger partial charge in [-0.2, -0.15) is 5.26 Å². The molecule has 2 aliphatic rings. The second kappa shape index (κ2) is 8.27. The highest BCUT2D eigenvalue weighted by molar-refractivity contribution is 5.94. The first-order valence-electron chi connectivity index (χ1n) is 10.5. The number of aryl methyl sites for hydroxylation is 2. The quantitative estimate of drug-likeness (QED) is 0.852. The van der Waals surface area contributed by atoms with E-state index < -0.39 is 0 Å². The Balaban J connectivity index is 1.36. The van der Waals surface area contributed by atoms with Crippen molar-refractivity contribution in [1.82, 2.24) is 15.2 Å². The summed E-state index contributed by atoms with van der Waals surface area (Å²) in [5, 5.41) is 12.0. The number of aromatic nitrogens is 1. The van der Waals surface area contributed by atoms with Crippen molar-refractivity contribution in [3.63, 3.8) is 0 Å². The summed E-state index contributed by atoms with van der Waals surface area (Å²) < 4.78 is 0. The predicted octanol–water partition coefficient (Wildman–Crippen LogP) is 2.98. The van der Waals surface area contributed by atoms with E-state index in [2.05, 4.69) is 42.3 Å². The second-order valence-corrected chi connectivity index (χ2v) is 8.50. The Morgan fingerprint density at radius 2 is 2.10 bits per heavy atom. The number of amides is 2. The van der Waals surface area contributed by atoms with Crippen LogP contribution in [0, 0.1) is 42.9 Å². The van der Waals surface area contributed by atoms with Crippen molar-refractivity contribution >= 4 is 11.8 Å². The van der Waals surface area contributed by atoms with Crippen LogP contribution in [0.25, 0.3) is 0 Å². The SMILES string of the molecule is Cc1ccc(C)c(CNC(=O)[C@@H]2C[C@H]3CCN(C(=O)c4ccc(C#N)nc4)C[C@H]32)c1. The van der Waals surface area contributed by atoms with Crippen molar-refractivity contribution in [1.29, 1.82) is 5.26 Å². The molecule has 6 heteroatoms. The zero-order chi connectivity index (χ0) is 21.3.